The number of piperidine rings is 1. The smallest absolute Gasteiger partial charge is 0.263 e. The van der Waals surface area contributed by atoms with Crippen molar-refractivity contribution in [1.82, 2.24) is 19.5 Å². The van der Waals surface area contributed by atoms with Crippen molar-refractivity contribution in [3.05, 3.63) is 75.8 Å². The van der Waals surface area contributed by atoms with Crippen LogP contribution in [-0.4, -0.2) is 58.5 Å². The van der Waals surface area contributed by atoms with Gasteiger partial charge in [0.05, 0.1) is 61.0 Å². The fourth-order valence-electron chi connectivity index (χ4n) is 5.69. The van der Waals surface area contributed by atoms with E-state index in [1.54, 1.807) is 36.7 Å². The molecule has 0 bridgehead atoms. The van der Waals surface area contributed by atoms with Gasteiger partial charge < -0.3 is 20.1 Å². The molecule has 0 amide bonds. The lowest BCUT2D eigenvalue weighted by atomic mass is 9.73. The third-order valence-electron chi connectivity index (χ3n) is 8.26. The van der Waals surface area contributed by atoms with Crippen molar-refractivity contribution in [3.8, 4) is 5.75 Å². The van der Waals surface area contributed by atoms with Gasteiger partial charge in [-0.1, -0.05) is 35.5 Å². The van der Waals surface area contributed by atoms with Crippen LogP contribution < -0.4 is 20.9 Å². The normalized spacial score (nSPS) is 20.2. The number of rotatable bonds is 6. The van der Waals surface area contributed by atoms with Gasteiger partial charge in [0.25, 0.3) is 5.56 Å². The summed E-state index contributed by atoms with van der Waals surface area (Å²) in [4.78, 5) is 29.9. The van der Waals surface area contributed by atoms with Crippen LogP contribution in [0.25, 0.3) is 10.9 Å². The summed E-state index contributed by atoms with van der Waals surface area (Å²) in [6.07, 6.45) is 6.88. The van der Waals surface area contributed by atoms with Crippen LogP contribution in [0.15, 0.2) is 63.8 Å². The highest BCUT2D eigenvalue weighted by Gasteiger charge is 2.47. The largest absolute Gasteiger partial charge is 0.494 e. The van der Waals surface area contributed by atoms with Crippen molar-refractivity contribution in [1.29, 1.82) is 0 Å². The Morgan fingerprint density at radius 2 is 2.00 bits per heavy atom. The van der Waals surface area contributed by atoms with Gasteiger partial charge in [-0.05, 0) is 38.0 Å². The second-order valence-corrected chi connectivity index (χ2v) is 12.0. The van der Waals surface area contributed by atoms with E-state index < -0.39 is 5.82 Å². The van der Waals surface area contributed by atoms with Crippen LogP contribution in [0.1, 0.15) is 25.3 Å². The zero-order chi connectivity index (χ0) is 28.7. The predicted octanol–water partition coefficient (Wildman–Crippen LogP) is 4.52. The minimum atomic E-state index is -0.519. The molecular weight excluding hydrogens is 567 g/mol. The lowest BCUT2D eigenvalue weighted by Crippen LogP contribution is -2.50. The van der Waals surface area contributed by atoms with Gasteiger partial charge in [0.15, 0.2) is 11.6 Å². The molecule has 6 rings (SSSR count). The summed E-state index contributed by atoms with van der Waals surface area (Å²) in [7, 11) is 1.40. The van der Waals surface area contributed by atoms with Crippen LogP contribution in [0.3, 0.4) is 0 Å². The Labute approximate surface area is 245 Å². The molecule has 4 aromatic rings. The summed E-state index contributed by atoms with van der Waals surface area (Å²) in [6.45, 7) is 4.45. The zero-order valence-corrected chi connectivity index (χ0v) is 24.3. The molecule has 0 aliphatic carbocycles. The van der Waals surface area contributed by atoms with Gasteiger partial charge in [0.1, 0.15) is 10.8 Å². The lowest BCUT2D eigenvalue weighted by Gasteiger charge is -2.41. The Balaban J connectivity index is 1.19. The number of anilines is 1. The minimum absolute atomic E-state index is 0.0128. The number of aromatic nitrogens is 4. The van der Waals surface area contributed by atoms with Gasteiger partial charge >= 0.3 is 0 Å². The number of nitrogens with two attached hydrogens (primary N) is 1. The lowest BCUT2D eigenvalue weighted by molar-refractivity contribution is 0.0974. The first-order valence-electron chi connectivity index (χ1n) is 13.4. The average Bonchev–Trinajstić information content (AvgIpc) is 3.26. The monoisotopic (exact) mass is 596 g/mol. The second-order valence-electron chi connectivity index (χ2n) is 10.6. The molecule has 0 saturated carbocycles. The molecule has 2 aliphatic heterocycles. The maximum absolute atomic E-state index is 14.7. The van der Waals surface area contributed by atoms with E-state index in [2.05, 4.69) is 19.9 Å². The van der Waals surface area contributed by atoms with Crippen LogP contribution in [0.4, 0.5) is 10.2 Å². The van der Waals surface area contributed by atoms with E-state index in [4.69, 9.17) is 26.8 Å². The first-order valence-corrected chi connectivity index (χ1v) is 14.6. The molecule has 0 radical (unpaired) electrons. The quantitative estimate of drug-likeness (QED) is 0.344. The van der Waals surface area contributed by atoms with E-state index in [9.17, 15) is 9.18 Å². The van der Waals surface area contributed by atoms with E-state index in [-0.39, 0.29) is 45.8 Å². The number of halogens is 2. The van der Waals surface area contributed by atoms with E-state index >= 15 is 0 Å². The molecule has 2 fully saturated rings. The Morgan fingerprint density at radius 1 is 1.20 bits per heavy atom. The SMILES string of the molecule is COc1cccc(Cn2cnc3ccc(Sc4cnc(N5CCC6(CC5)CO[C@@H](C)[C@H]6N)cn4)c(Cl)c3c2=O)c1F. The summed E-state index contributed by atoms with van der Waals surface area (Å²) in [5.41, 5.74) is 6.89. The van der Waals surface area contributed by atoms with E-state index in [1.807, 2.05) is 6.92 Å². The molecule has 12 heteroatoms. The number of nitrogens with zero attached hydrogens (tertiary/aromatic N) is 5. The Bertz CT molecular complexity index is 1640. The van der Waals surface area contributed by atoms with Crippen LogP contribution >= 0.6 is 23.4 Å². The van der Waals surface area contributed by atoms with Crippen LogP contribution in [0.2, 0.25) is 5.02 Å². The van der Waals surface area contributed by atoms with Gasteiger partial charge in [-0.25, -0.2) is 19.3 Å². The summed E-state index contributed by atoms with van der Waals surface area (Å²) < 4.78 is 26.9. The number of methoxy groups -OCH3 is 1. The Hall–Kier alpha value is -3.25. The van der Waals surface area contributed by atoms with Gasteiger partial charge in [0, 0.05) is 35.0 Å². The van der Waals surface area contributed by atoms with Crippen molar-refractivity contribution in [2.24, 2.45) is 11.1 Å². The molecule has 2 aromatic carbocycles. The molecule has 0 unspecified atom stereocenters. The molecule has 2 atom stereocenters. The number of hydrogen-bond donors (Lipinski definition) is 1. The molecule has 4 heterocycles. The van der Waals surface area contributed by atoms with Crippen LogP contribution in [-0.2, 0) is 11.3 Å². The number of hydrogen-bond acceptors (Lipinski definition) is 9. The van der Waals surface area contributed by atoms with Crippen molar-refractivity contribution in [2.45, 2.75) is 48.4 Å². The van der Waals surface area contributed by atoms with Crippen LogP contribution in [0.5, 0.6) is 5.75 Å². The highest BCUT2D eigenvalue weighted by molar-refractivity contribution is 7.99. The predicted molar refractivity (Wildman–Crippen MR) is 156 cm³/mol. The molecule has 2 N–H and O–H groups in total. The molecule has 41 heavy (non-hydrogen) atoms. The number of benzene rings is 2. The van der Waals surface area contributed by atoms with Crippen molar-refractivity contribution in [3.63, 3.8) is 0 Å². The molecule has 1 spiro atoms. The first-order chi connectivity index (χ1) is 19.8. The fraction of sp³-hybridized carbons (Fsp3) is 0.379. The van der Waals surface area contributed by atoms with Gasteiger partial charge in [-0.15, -0.1) is 0 Å². The molecule has 2 saturated heterocycles. The number of fused-ring (bicyclic) bond motifs is 1. The zero-order valence-electron chi connectivity index (χ0n) is 22.7. The van der Waals surface area contributed by atoms with Gasteiger partial charge in [-0.3, -0.25) is 9.36 Å². The molecule has 9 nitrogen and oxygen atoms in total. The average molecular weight is 597 g/mol. The van der Waals surface area contributed by atoms with Gasteiger partial charge in [-0.2, -0.15) is 0 Å². The molecule has 2 aliphatic rings. The summed E-state index contributed by atoms with van der Waals surface area (Å²) in [6, 6.07) is 8.41. The maximum Gasteiger partial charge on any atom is 0.263 e. The third kappa shape index (κ3) is 5.16. The summed E-state index contributed by atoms with van der Waals surface area (Å²) in [5, 5.41) is 1.17. The van der Waals surface area contributed by atoms with Crippen molar-refractivity contribution in [2.75, 3.05) is 31.7 Å². The standard InChI is InChI=1S/C29H30ClFN6O3S/c1-17-27(32)29(15-40-17)8-10-36(11-9-29)22-12-34-23(13-33-22)41-21-7-6-19-24(25(21)30)28(38)37(16-35-19)14-18-4-3-5-20(39-2)26(18)31/h3-7,12-13,16-17,27H,8-11,14-15,32H2,1-2H3/t17-,27+/m0/s1. The Kier molecular flexibility index (Phi) is 7.62. The second kappa shape index (κ2) is 11.2. The maximum atomic E-state index is 14.7. The van der Waals surface area contributed by atoms with Crippen molar-refractivity contribution >= 4 is 40.1 Å². The Morgan fingerprint density at radius 3 is 2.68 bits per heavy atom. The first kappa shape index (κ1) is 27.9. The van der Waals surface area contributed by atoms with E-state index in [1.165, 1.54) is 35.8 Å². The molecule has 2 aromatic heterocycles. The van der Waals surface area contributed by atoms with Crippen LogP contribution in [0, 0.1) is 11.2 Å². The fourth-order valence-corrected chi connectivity index (χ4v) is 6.81. The third-order valence-corrected chi connectivity index (χ3v) is 9.74. The molecule has 214 valence electrons. The summed E-state index contributed by atoms with van der Waals surface area (Å²) >= 11 is 8.06. The topological polar surface area (TPSA) is 108 Å². The highest BCUT2D eigenvalue weighted by atomic mass is 35.5. The van der Waals surface area contributed by atoms with Crippen molar-refractivity contribution < 1.29 is 13.9 Å². The molecular formula is C29H30ClFN6O3S. The van der Waals surface area contributed by atoms with Gasteiger partial charge in [0.2, 0.25) is 0 Å². The summed E-state index contributed by atoms with van der Waals surface area (Å²) in [5.74, 6) is 0.403. The van der Waals surface area contributed by atoms with E-state index in [0.29, 0.717) is 21.0 Å². The van der Waals surface area contributed by atoms with E-state index in [0.717, 1.165) is 38.4 Å². The highest BCUT2D eigenvalue weighted by Crippen LogP contribution is 2.42. The number of ether oxygens (including phenoxy) is 2. The minimum Gasteiger partial charge on any atom is -0.494 e.